The molecule has 5 rings (SSSR count). The van der Waals surface area contributed by atoms with Gasteiger partial charge >= 0.3 is 0 Å². The van der Waals surface area contributed by atoms with E-state index in [9.17, 15) is 30.3 Å². The van der Waals surface area contributed by atoms with Crippen LogP contribution < -0.4 is 11.1 Å². The number of azo groups is 2. The summed E-state index contributed by atoms with van der Waals surface area (Å²) < 4.78 is 2.37. The van der Waals surface area contributed by atoms with Crippen molar-refractivity contribution >= 4 is 22.7 Å². The monoisotopic (exact) mass is 710 g/mol. The Morgan fingerprint density at radius 2 is 1.06 bits per heavy atom. The summed E-state index contributed by atoms with van der Waals surface area (Å²) in [5, 5.41) is 55.9. The van der Waals surface area contributed by atoms with Crippen LogP contribution in [-0.2, 0) is 13.1 Å². The zero-order chi connectivity index (χ0) is 38.5. The van der Waals surface area contributed by atoms with E-state index in [0.29, 0.717) is 29.0 Å². The fourth-order valence-corrected chi connectivity index (χ4v) is 5.37. The third kappa shape index (κ3) is 9.78. The van der Waals surface area contributed by atoms with Crippen molar-refractivity contribution in [2.24, 2.45) is 20.5 Å². The molecule has 53 heavy (non-hydrogen) atoms. The highest BCUT2D eigenvalue weighted by Gasteiger charge is 2.20. The number of rotatable bonds is 11. The summed E-state index contributed by atoms with van der Waals surface area (Å²) in [6.07, 6.45) is 3.85. The first kappa shape index (κ1) is 39.1. The van der Waals surface area contributed by atoms with Gasteiger partial charge in [0.25, 0.3) is 11.1 Å². The Bertz CT molecular complexity index is 2310. The van der Waals surface area contributed by atoms with Crippen LogP contribution in [0.4, 0.5) is 22.7 Å². The molecule has 2 heterocycles. The predicted molar refractivity (Wildman–Crippen MR) is 204 cm³/mol. The molecule has 2 N–H and O–H groups in total. The average molecular weight is 711 g/mol. The molecule has 0 fully saturated rings. The first-order chi connectivity index (χ1) is 25.5. The Hall–Kier alpha value is -6.66. The summed E-state index contributed by atoms with van der Waals surface area (Å²) >= 11 is 0. The molecule has 0 bridgehead atoms. The number of nitrogens with zero attached hydrogens (tertiary/aromatic N) is 8. The Labute approximate surface area is 308 Å². The third-order valence-corrected chi connectivity index (χ3v) is 8.56. The minimum atomic E-state index is -0.497. The molecule has 0 spiro atoms. The summed E-state index contributed by atoms with van der Waals surface area (Å²) in [5.41, 5.74) is 4.18. The van der Waals surface area contributed by atoms with Crippen molar-refractivity contribution in [3.63, 3.8) is 0 Å². The van der Waals surface area contributed by atoms with E-state index in [1.165, 1.54) is 4.57 Å². The lowest BCUT2D eigenvalue weighted by Crippen LogP contribution is -2.22. The molecule has 0 aliphatic rings. The van der Waals surface area contributed by atoms with Gasteiger partial charge in [0.15, 0.2) is 11.4 Å². The maximum absolute atomic E-state index is 12.9. The van der Waals surface area contributed by atoms with Crippen LogP contribution in [0.15, 0.2) is 109 Å². The minimum absolute atomic E-state index is 0.0170. The summed E-state index contributed by atoms with van der Waals surface area (Å²) in [7, 11) is 0. The van der Waals surface area contributed by atoms with Crippen molar-refractivity contribution in [3.8, 4) is 23.9 Å². The highest BCUT2D eigenvalue weighted by atomic mass is 16.3. The second kappa shape index (κ2) is 18.5. The van der Waals surface area contributed by atoms with Gasteiger partial charge in [-0.15, -0.1) is 10.2 Å². The number of unbranched alkanes of at least 4 members (excludes halogenated alkanes) is 3. The predicted octanol–water partition coefficient (Wildman–Crippen LogP) is 9.54. The van der Waals surface area contributed by atoms with Crippen LogP contribution in [-0.4, -0.2) is 19.3 Å². The van der Waals surface area contributed by atoms with E-state index in [-0.39, 0.29) is 40.8 Å². The Kier molecular flexibility index (Phi) is 13.7. The molecule has 0 saturated heterocycles. The van der Waals surface area contributed by atoms with Crippen LogP contribution in [0.2, 0.25) is 0 Å². The molecule has 2 aromatic heterocycles. The molecule has 0 saturated carbocycles. The topological polar surface area (TPSA) is 181 Å². The molecule has 3 aromatic carbocycles. The lowest BCUT2D eigenvalue weighted by molar-refractivity contribution is 0.397. The molecule has 12 nitrogen and oxygen atoms in total. The number of pyridine rings is 2. The summed E-state index contributed by atoms with van der Waals surface area (Å²) in [4.78, 5) is 25.7. The summed E-state index contributed by atoms with van der Waals surface area (Å²) in [5.74, 6) is -0.654. The van der Waals surface area contributed by atoms with Gasteiger partial charge in [-0.05, 0) is 63.9 Å². The lowest BCUT2D eigenvalue weighted by Gasteiger charge is -2.13. The van der Waals surface area contributed by atoms with Crippen molar-refractivity contribution in [1.29, 1.82) is 10.5 Å². The Morgan fingerprint density at radius 3 is 1.51 bits per heavy atom. The molecular weight excluding hydrogens is 669 g/mol. The van der Waals surface area contributed by atoms with Crippen molar-refractivity contribution in [2.45, 2.75) is 73.4 Å². The first-order valence-electron chi connectivity index (χ1n) is 17.2. The number of aromatic nitrogens is 2. The van der Waals surface area contributed by atoms with Crippen LogP contribution >= 0.6 is 0 Å². The second-order valence-electron chi connectivity index (χ2n) is 12.5. The molecule has 0 radical (unpaired) electrons. The van der Waals surface area contributed by atoms with E-state index in [2.05, 4.69) is 27.4 Å². The minimum Gasteiger partial charge on any atom is -0.493 e. The molecule has 0 aliphatic carbocycles. The van der Waals surface area contributed by atoms with Gasteiger partial charge in [0.05, 0.1) is 17.9 Å². The number of aryl methyl sites for hydroxylation is 2. The van der Waals surface area contributed by atoms with Gasteiger partial charge in [-0.1, -0.05) is 91.9 Å². The van der Waals surface area contributed by atoms with Crippen molar-refractivity contribution in [2.75, 3.05) is 0 Å². The molecule has 0 unspecified atom stereocenters. The van der Waals surface area contributed by atoms with E-state index >= 15 is 0 Å². The fourth-order valence-electron chi connectivity index (χ4n) is 5.37. The summed E-state index contributed by atoms with van der Waals surface area (Å²) in [6, 6.07) is 28.0. The SMILES string of the molecule is CCCCCCn1c(O)c(C#N)c(C)c(N=Nc2ccc(C)cc2)c1=O.Cc1ccc(N=Nc2c(C)c(C#N)c(O)n(Cc3ccccc3)c2=O)cc1. The number of hydrogen-bond donors (Lipinski definition) is 2. The molecule has 0 amide bonds. The standard InChI is InChI=1S/C21H18N4O2.C20H24N4O2/c1-14-8-10-17(11-9-14)23-24-19-15(2)18(12-22)20(26)25(21(19)27)13-16-6-4-3-5-7-16;1-4-5-6-7-12-24-19(25)17(13-21)15(3)18(20(24)26)23-22-16-10-8-14(2)9-11-16/h3-11,26H,13H2,1-2H3;8-11,25H,4-7,12H2,1-3H3. The first-order valence-corrected chi connectivity index (χ1v) is 17.2. The third-order valence-electron chi connectivity index (χ3n) is 8.56. The molecule has 5 aromatic rings. The van der Waals surface area contributed by atoms with Gasteiger partial charge in [-0.25, -0.2) is 0 Å². The Morgan fingerprint density at radius 1 is 0.604 bits per heavy atom. The van der Waals surface area contributed by atoms with Gasteiger partial charge in [0.2, 0.25) is 11.8 Å². The van der Waals surface area contributed by atoms with Crippen molar-refractivity contribution in [1.82, 2.24) is 9.13 Å². The molecular formula is C41H42N8O4. The van der Waals surface area contributed by atoms with Gasteiger partial charge in [-0.2, -0.15) is 20.8 Å². The molecule has 0 aliphatic heterocycles. The van der Waals surface area contributed by atoms with E-state index in [0.717, 1.165) is 46.9 Å². The van der Waals surface area contributed by atoms with Crippen LogP contribution in [0, 0.1) is 50.4 Å². The highest BCUT2D eigenvalue weighted by molar-refractivity contribution is 5.58. The largest absolute Gasteiger partial charge is 0.493 e. The highest BCUT2D eigenvalue weighted by Crippen LogP contribution is 2.29. The molecule has 0 atom stereocenters. The van der Waals surface area contributed by atoms with Crippen LogP contribution in [0.1, 0.15) is 71.6 Å². The number of hydrogen-bond acceptors (Lipinski definition) is 10. The van der Waals surface area contributed by atoms with Gasteiger partial charge in [0.1, 0.15) is 23.3 Å². The van der Waals surface area contributed by atoms with E-state index < -0.39 is 11.1 Å². The average Bonchev–Trinajstić information content (AvgIpc) is 3.15. The fraction of sp³-hybridized carbons (Fsp3) is 0.268. The van der Waals surface area contributed by atoms with Gasteiger partial charge < -0.3 is 10.2 Å². The second-order valence-corrected chi connectivity index (χ2v) is 12.5. The zero-order valence-electron chi connectivity index (χ0n) is 30.5. The van der Waals surface area contributed by atoms with Crippen LogP contribution in [0.3, 0.4) is 0 Å². The number of aromatic hydroxyl groups is 2. The Balaban J connectivity index is 0.000000237. The lowest BCUT2D eigenvalue weighted by atomic mass is 10.1. The van der Waals surface area contributed by atoms with Crippen molar-refractivity contribution < 1.29 is 10.2 Å². The number of nitriles is 2. The van der Waals surface area contributed by atoms with E-state index in [4.69, 9.17) is 0 Å². The van der Waals surface area contributed by atoms with Crippen LogP contribution in [0.5, 0.6) is 11.8 Å². The van der Waals surface area contributed by atoms with E-state index in [1.807, 2.05) is 92.7 Å². The van der Waals surface area contributed by atoms with Crippen LogP contribution in [0.25, 0.3) is 0 Å². The van der Waals surface area contributed by atoms with Gasteiger partial charge in [-0.3, -0.25) is 18.7 Å². The quantitative estimate of drug-likeness (QED) is 0.102. The maximum atomic E-state index is 12.9. The molecule has 270 valence electrons. The van der Waals surface area contributed by atoms with Crippen molar-refractivity contribution in [3.05, 3.63) is 139 Å². The van der Waals surface area contributed by atoms with E-state index in [1.54, 1.807) is 26.0 Å². The maximum Gasteiger partial charge on any atom is 0.281 e. The number of benzene rings is 3. The summed E-state index contributed by atoms with van der Waals surface area (Å²) in [6.45, 7) is 9.71. The molecule has 12 heteroatoms. The smallest absolute Gasteiger partial charge is 0.281 e. The normalized spacial score (nSPS) is 10.9. The zero-order valence-corrected chi connectivity index (χ0v) is 30.5. The van der Waals surface area contributed by atoms with Gasteiger partial charge in [0, 0.05) is 17.7 Å².